The number of rotatable bonds is 8. The van der Waals surface area contributed by atoms with Gasteiger partial charge in [0.1, 0.15) is 0 Å². The second-order valence-electron chi connectivity index (χ2n) is 6.69. The van der Waals surface area contributed by atoms with E-state index in [1.165, 1.54) is 5.56 Å². The molecule has 3 nitrogen and oxygen atoms in total. The molecule has 3 rings (SSSR count). The molecule has 3 aromatic carbocycles. The standard InChI is InChI=1S/C24H25NO2/c1-19-8-7-11-21(14-19)15-24(26)25-16-22-12-5-6-13-23(22)18-27-17-20-9-3-2-4-10-20/h2-14H,15-18H2,1H3,(H,25,26). The molecule has 1 N–H and O–H groups in total. The zero-order valence-electron chi connectivity index (χ0n) is 15.7. The molecule has 0 saturated heterocycles. The maximum atomic E-state index is 12.3. The summed E-state index contributed by atoms with van der Waals surface area (Å²) < 4.78 is 5.85. The predicted molar refractivity (Wildman–Crippen MR) is 108 cm³/mol. The van der Waals surface area contributed by atoms with E-state index in [1.807, 2.05) is 73.7 Å². The van der Waals surface area contributed by atoms with Crippen molar-refractivity contribution in [2.75, 3.05) is 0 Å². The summed E-state index contributed by atoms with van der Waals surface area (Å²) in [4.78, 5) is 12.3. The van der Waals surface area contributed by atoms with Crippen LogP contribution in [-0.4, -0.2) is 5.91 Å². The first-order chi connectivity index (χ1) is 13.2. The molecule has 0 heterocycles. The lowest BCUT2D eigenvalue weighted by Gasteiger charge is -2.12. The van der Waals surface area contributed by atoms with E-state index in [-0.39, 0.29) is 5.91 Å². The summed E-state index contributed by atoms with van der Waals surface area (Å²) in [7, 11) is 0. The van der Waals surface area contributed by atoms with Crippen LogP contribution in [0.25, 0.3) is 0 Å². The predicted octanol–water partition coefficient (Wildman–Crippen LogP) is 4.57. The molecule has 3 heteroatoms. The van der Waals surface area contributed by atoms with Crippen LogP contribution in [0.4, 0.5) is 0 Å². The van der Waals surface area contributed by atoms with Crippen LogP contribution in [0.5, 0.6) is 0 Å². The largest absolute Gasteiger partial charge is 0.372 e. The number of hydrogen-bond donors (Lipinski definition) is 1. The second-order valence-corrected chi connectivity index (χ2v) is 6.69. The highest BCUT2D eigenvalue weighted by molar-refractivity contribution is 5.78. The molecule has 138 valence electrons. The van der Waals surface area contributed by atoms with Crippen molar-refractivity contribution in [3.63, 3.8) is 0 Å². The third-order valence-electron chi connectivity index (χ3n) is 4.41. The number of nitrogens with one attached hydrogen (secondary N) is 1. The van der Waals surface area contributed by atoms with Gasteiger partial charge < -0.3 is 10.1 Å². The monoisotopic (exact) mass is 359 g/mol. The van der Waals surface area contributed by atoms with Gasteiger partial charge in [0.05, 0.1) is 19.6 Å². The van der Waals surface area contributed by atoms with Gasteiger partial charge in [0, 0.05) is 6.54 Å². The van der Waals surface area contributed by atoms with Crippen molar-refractivity contribution < 1.29 is 9.53 Å². The van der Waals surface area contributed by atoms with Crippen molar-refractivity contribution in [2.45, 2.75) is 33.1 Å². The molecular weight excluding hydrogens is 334 g/mol. The Morgan fingerprint density at radius 1 is 0.815 bits per heavy atom. The van der Waals surface area contributed by atoms with E-state index < -0.39 is 0 Å². The zero-order chi connectivity index (χ0) is 18.9. The van der Waals surface area contributed by atoms with Gasteiger partial charge in [0.15, 0.2) is 0 Å². The van der Waals surface area contributed by atoms with Gasteiger partial charge in [0.25, 0.3) is 0 Å². The van der Waals surface area contributed by atoms with E-state index in [9.17, 15) is 4.79 Å². The van der Waals surface area contributed by atoms with Gasteiger partial charge in [-0.05, 0) is 29.2 Å². The van der Waals surface area contributed by atoms with E-state index in [4.69, 9.17) is 4.74 Å². The highest BCUT2D eigenvalue weighted by Crippen LogP contribution is 2.12. The number of aryl methyl sites for hydroxylation is 1. The third kappa shape index (κ3) is 6.08. The lowest BCUT2D eigenvalue weighted by molar-refractivity contribution is -0.120. The molecule has 0 radical (unpaired) electrons. The van der Waals surface area contributed by atoms with Crippen LogP contribution >= 0.6 is 0 Å². The number of amides is 1. The minimum atomic E-state index is 0.0283. The van der Waals surface area contributed by atoms with Gasteiger partial charge in [-0.2, -0.15) is 0 Å². The smallest absolute Gasteiger partial charge is 0.224 e. The first-order valence-electron chi connectivity index (χ1n) is 9.21. The number of carbonyl (C=O) groups excluding carboxylic acids is 1. The summed E-state index contributed by atoms with van der Waals surface area (Å²) in [6.45, 7) is 3.65. The molecule has 27 heavy (non-hydrogen) atoms. The number of carbonyl (C=O) groups is 1. The summed E-state index contributed by atoms with van der Waals surface area (Å²) in [6.07, 6.45) is 0.397. The van der Waals surface area contributed by atoms with Gasteiger partial charge in [0.2, 0.25) is 5.91 Å². The number of benzene rings is 3. The summed E-state index contributed by atoms with van der Waals surface area (Å²) >= 11 is 0. The van der Waals surface area contributed by atoms with Crippen LogP contribution in [0.1, 0.15) is 27.8 Å². The quantitative estimate of drug-likeness (QED) is 0.640. The molecule has 3 aromatic rings. The summed E-state index contributed by atoms with van der Waals surface area (Å²) in [5, 5.41) is 3.02. The van der Waals surface area contributed by atoms with E-state index >= 15 is 0 Å². The van der Waals surface area contributed by atoms with Crippen LogP contribution < -0.4 is 5.32 Å². The lowest BCUT2D eigenvalue weighted by atomic mass is 10.1. The zero-order valence-corrected chi connectivity index (χ0v) is 15.7. The highest BCUT2D eigenvalue weighted by atomic mass is 16.5. The fourth-order valence-electron chi connectivity index (χ4n) is 2.99. The lowest BCUT2D eigenvalue weighted by Crippen LogP contribution is -2.25. The van der Waals surface area contributed by atoms with Crippen molar-refractivity contribution in [1.29, 1.82) is 0 Å². The van der Waals surface area contributed by atoms with Crippen molar-refractivity contribution in [2.24, 2.45) is 0 Å². The molecule has 0 bridgehead atoms. The fraction of sp³-hybridized carbons (Fsp3) is 0.208. The molecule has 0 atom stereocenters. The van der Waals surface area contributed by atoms with Crippen molar-refractivity contribution in [3.05, 3.63) is 107 Å². The van der Waals surface area contributed by atoms with Crippen LogP contribution in [0.3, 0.4) is 0 Å². The van der Waals surface area contributed by atoms with Crippen molar-refractivity contribution in [3.8, 4) is 0 Å². The summed E-state index contributed by atoms with van der Waals surface area (Å²) in [6, 6.07) is 26.2. The molecule has 1 amide bonds. The molecule has 0 spiro atoms. The second kappa shape index (κ2) is 9.70. The maximum Gasteiger partial charge on any atom is 0.224 e. The van der Waals surface area contributed by atoms with E-state index in [0.717, 1.165) is 22.3 Å². The van der Waals surface area contributed by atoms with Crippen LogP contribution in [0, 0.1) is 6.92 Å². The van der Waals surface area contributed by atoms with Gasteiger partial charge in [-0.15, -0.1) is 0 Å². The average Bonchev–Trinajstić information content (AvgIpc) is 2.68. The Balaban J connectivity index is 1.52. The minimum absolute atomic E-state index is 0.0283. The summed E-state index contributed by atoms with van der Waals surface area (Å²) in [5.41, 5.74) is 5.54. The molecular formula is C24H25NO2. The van der Waals surface area contributed by atoms with Gasteiger partial charge in [-0.25, -0.2) is 0 Å². The molecule has 0 aliphatic heterocycles. The molecule has 0 aromatic heterocycles. The van der Waals surface area contributed by atoms with E-state index in [2.05, 4.69) is 17.4 Å². The first kappa shape index (κ1) is 18.9. The molecule has 0 aliphatic carbocycles. The van der Waals surface area contributed by atoms with Crippen molar-refractivity contribution >= 4 is 5.91 Å². The number of ether oxygens (including phenoxy) is 1. The highest BCUT2D eigenvalue weighted by Gasteiger charge is 2.07. The summed E-state index contributed by atoms with van der Waals surface area (Å²) in [5.74, 6) is 0.0283. The Morgan fingerprint density at radius 2 is 1.52 bits per heavy atom. The van der Waals surface area contributed by atoms with Crippen molar-refractivity contribution in [1.82, 2.24) is 5.32 Å². The Hall–Kier alpha value is -2.91. The Bertz CT molecular complexity index is 874. The van der Waals surface area contributed by atoms with Gasteiger partial charge in [-0.1, -0.05) is 84.4 Å². The Morgan fingerprint density at radius 3 is 2.30 bits per heavy atom. The van der Waals surface area contributed by atoms with E-state index in [1.54, 1.807) is 0 Å². The SMILES string of the molecule is Cc1cccc(CC(=O)NCc2ccccc2COCc2ccccc2)c1. The Kier molecular flexibility index (Phi) is 6.78. The molecule has 0 aliphatic rings. The van der Waals surface area contributed by atoms with Crippen LogP contribution in [-0.2, 0) is 35.7 Å². The minimum Gasteiger partial charge on any atom is -0.372 e. The van der Waals surface area contributed by atoms with Gasteiger partial charge in [-0.3, -0.25) is 4.79 Å². The van der Waals surface area contributed by atoms with Crippen LogP contribution in [0.15, 0.2) is 78.9 Å². The average molecular weight is 359 g/mol. The van der Waals surface area contributed by atoms with Crippen LogP contribution in [0.2, 0.25) is 0 Å². The molecule has 0 saturated carbocycles. The Labute approximate surface area is 161 Å². The fourth-order valence-corrected chi connectivity index (χ4v) is 2.99. The van der Waals surface area contributed by atoms with E-state index in [0.29, 0.717) is 26.2 Å². The molecule has 0 fully saturated rings. The first-order valence-corrected chi connectivity index (χ1v) is 9.21. The normalized spacial score (nSPS) is 10.6. The topological polar surface area (TPSA) is 38.3 Å². The molecule has 0 unspecified atom stereocenters. The van der Waals surface area contributed by atoms with Gasteiger partial charge >= 0.3 is 0 Å². The maximum absolute atomic E-state index is 12.3. The third-order valence-corrected chi connectivity index (χ3v) is 4.41. The number of hydrogen-bond acceptors (Lipinski definition) is 2.